The van der Waals surface area contributed by atoms with E-state index in [0.29, 0.717) is 12.4 Å². The van der Waals surface area contributed by atoms with Gasteiger partial charge in [-0.1, -0.05) is 23.4 Å². The van der Waals surface area contributed by atoms with Crippen molar-refractivity contribution in [1.29, 1.82) is 0 Å². The zero-order valence-electron chi connectivity index (χ0n) is 10.9. The molecule has 0 saturated heterocycles. The van der Waals surface area contributed by atoms with Gasteiger partial charge >= 0.3 is 0 Å². The molecule has 2 aromatic carbocycles. The number of hydrogen-bond acceptors (Lipinski definition) is 4. The van der Waals surface area contributed by atoms with Crippen LogP contribution in [0.15, 0.2) is 53.1 Å². The van der Waals surface area contributed by atoms with Gasteiger partial charge in [-0.25, -0.2) is 8.78 Å². The lowest BCUT2D eigenvalue weighted by atomic mass is 10.2. The molecular weight excluding hydrogens is 276 g/mol. The van der Waals surface area contributed by atoms with Crippen LogP contribution in [0.2, 0.25) is 0 Å². The average Bonchev–Trinajstić information content (AvgIpc) is 2.94. The third-order valence-corrected chi connectivity index (χ3v) is 2.81. The summed E-state index contributed by atoms with van der Waals surface area (Å²) in [7, 11) is 0. The summed E-state index contributed by atoms with van der Waals surface area (Å²) >= 11 is 0. The Morgan fingerprint density at radius 1 is 1.00 bits per heavy atom. The van der Waals surface area contributed by atoms with Crippen molar-refractivity contribution in [2.75, 3.05) is 5.32 Å². The van der Waals surface area contributed by atoms with E-state index in [0.717, 1.165) is 23.9 Å². The molecule has 3 rings (SSSR count). The molecule has 0 fully saturated rings. The summed E-state index contributed by atoms with van der Waals surface area (Å²) < 4.78 is 31.4. The van der Waals surface area contributed by atoms with Crippen LogP contribution in [0, 0.1) is 11.6 Å². The monoisotopic (exact) mass is 287 g/mol. The molecule has 6 heteroatoms. The molecule has 0 unspecified atom stereocenters. The maximum atomic E-state index is 13.2. The van der Waals surface area contributed by atoms with Crippen LogP contribution in [0.25, 0.3) is 11.4 Å². The predicted molar refractivity (Wildman–Crippen MR) is 73.4 cm³/mol. The largest absolute Gasteiger partial charge is 0.376 e. The second-order valence-electron chi connectivity index (χ2n) is 4.39. The van der Waals surface area contributed by atoms with Crippen molar-refractivity contribution in [2.45, 2.75) is 6.54 Å². The number of nitrogens with zero attached hydrogens (tertiary/aromatic N) is 2. The van der Waals surface area contributed by atoms with E-state index in [4.69, 9.17) is 4.52 Å². The lowest BCUT2D eigenvalue weighted by Crippen LogP contribution is -1.99. The highest BCUT2D eigenvalue weighted by molar-refractivity contribution is 5.54. The Balaban J connectivity index is 1.74. The van der Waals surface area contributed by atoms with Crippen molar-refractivity contribution in [1.82, 2.24) is 10.1 Å². The fourth-order valence-electron chi connectivity index (χ4n) is 1.86. The molecule has 0 aliphatic carbocycles. The van der Waals surface area contributed by atoms with E-state index in [1.165, 1.54) is 0 Å². The van der Waals surface area contributed by atoms with Crippen molar-refractivity contribution in [2.24, 2.45) is 0 Å². The van der Waals surface area contributed by atoms with E-state index in [1.807, 2.05) is 30.3 Å². The van der Waals surface area contributed by atoms with Gasteiger partial charge < -0.3 is 9.84 Å². The molecule has 106 valence electrons. The van der Waals surface area contributed by atoms with Gasteiger partial charge in [0, 0.05) is 17.3 Å². The van der Waals surface area contributed by atoms with Gasteiger partial charge in [-0.2, -0.15) is 4.98 Å². The minimum atomic E-state index is -0.682. The number of anilines is 1. The minimum absolute atomic E-state index is 0.151. The van der Waals surface area contributed by atoms with E-state index in [9.17, 15) is 8.78 Å². The van der Waals surface area contributed by atoms with Gasteiger partial charge in [0.25, 0.3) is 0 Å². The van der Waals surface area contributed by atoms with Crippen molar-refractivity contribution in [3.8, 4) is 11.4 Å². The summed E-state index contributed by atoms with van der Waals surface area (Å²) in [6.07, 6.45) is 0. The van der Waals surface area contributed by atoms with Gasteiger partial charge in [-0.15, -0.1) is 0 Å². The Kier molecular flexibility index (Phi) is 3.59. The normalized spacial score (nSPS) is 10.6. The van der Waals surface area contributed by atoms with Crippen molar-refractivity contribution in [3.05, 3.63) is 66.1 Å². The summed E-state index contributed by atoms with van der Waals surface area (Å²) in [4.78, 5) is 4.10. The topological polar surface area (TPSA) is 51.0 Å². The fourth-order valence-corrected chi connectivity index (χ4v) is 1.86. The molecule has 21 heavy (non-hydrogen) atoms. The predicted octanol–water partition coefficient (Wildman–Crippen LogP) is 3.63. The molecule has 4 nitrogen and oxygen atoms in total. The molecule has 0 bridgehead atoms. The number of benzene rings is 2. The molecular formula is C15H11F2N3O. The number of aromatic nitrogens is 2. The standard InChI is InChI=1S/C15H11F2N3O/c16-11-6-10(7-12(17)8-11)15-19-14(21-20-15)9-18-13-4-2-1-3-5-13/h1-8,18H,9H2. The summed E-state index contributed by atoms with van der Waals surface area (Å²) in [5.74, 6) is -0.880. The van der Waals surface area contributed by atoms with Crippen molar-refractivity contribution >= 4 is 5.69 Å². The van der Waals surface area contributed by atoms with Crippen LogP contribution < -0.4 is 5.32 Å². The average molecular weight is 287 g/mol. The van der Waals surface area contributed by atoms with Crippen LogP contribution in [0.5, 0.6) is 0 Å². The first-order valence-corrected chi connectivity index (χ1v) is 6.29. The van der Waals surface area contributed by atoms with Crippen LogP contribution in [-0.4, -0.2) is 10.1 Å². The second kappa shape index (κ2) is 5.70. The maximum Gasteiger partial charge on any atom is 0.246 e. The molecule has 0 aliphatic heterocycles. The van der Waals surface area contributed by atoms with Crippen molar-refractivity contribution < 1.29 is 13.3 Å². The second-order valence-corrected chi connectivity index (χ2v) is 4.39. The van der Waals surface area contributed by atoms with Gasteiger partial charge in [0.05, 0.1) is 6.54 Å². The van der Waals surface area contributed by atoms with Crippen LogP contribution in [0.4, 0.5) is 14.5 Å². The Labute approximate surface area is 119 Å². The first-order valence-electron chi connectivity index (χ1n) is 6.29. The van der Waals surface area contributed by atoms with Gasteiger partial charge in [-0.05, 0) is 24.3 Å². The smallest absolute Gasteiger partial charge is 0.246 e. The highest BCUT2D eigenvalue weighted by Crippen LogP contribution is 2.19. The maximum absolute atomic E-state index is 13.2. The van der Waals surface area contributed by atoms with E-state index in [2.05, 4.69) is 15.5 Å². The molecule has 1 N–H and O–H groups in total. The van der Waals surface area contributed by atoms with E-state index < -0.39 is 11.6 Å². The molecule has 0 saturated carbocycles. The number of rotatable bonds is 4. The number of para-hydroxylation sites is 1. The Morgan fingerprint density at radius 2 is 1.71 bits per heavy atom. The number of halogens is 2. The Morgan fingerprint density at radius 3 is 2.43 bits per heavy atom. The molecule has 0 aliphatic rings. The summed E-state index contributed by atoms with van der Waals surface area (Å²) in [5, 5.41) is 6.83. The molecule has 0 radical (unpaired) electrons. The number of hydrogen-bond donors (Lipinski definition) is 1. The molecule has 3 aromatic rings. The zero-order valence-corrected chi connectivity index (χ0v) is 10.9. The number of nitrogens with one attached hydrogen (secondary N) is 1. The summed E-state index contributed by atoms with van der Waals surface area (Å²) in [6.45, 7) is 0.328. The Hall–Kier alpha value is -2.76. The van der Waals surface area contributed by atoms with Crippen LogP contribution >= 0.6 is 0 Å². The fraction of sp³-hybridized carbons (Fsp3) is 0.0667. The van der Waals surface area contributed by atoms with E-state index >= 15 is 0 Å². The van der Waals surface area contributed by atoms with Gasteiger partial charge in [-0.3, -0.25) is 0 Å². The molecule has 0 amide bonds. The molecule has 0 atom stereocenters. The third-order valence-electron chi connectivity index (χ3n) is 2.81. The molecule has 1 heterocycles. The van der Waals surface area contributed by atoms with Crippen LogP contribution in [0.3, 0.4) is 0 Å². The van der Waals surface area contributed by atoms with E-state index in [1.54, 1.807) is 0 Å². The first-order chi connectivity index (χ1) is 10.2. The SMILES string of the molecule is Fc1cc(F)cc(-c2noc(CNc3ccccc3)n2)c1. The lowest BCUT2D eigenvalue weighted by Gasteiger charge is -2.01. The lowest BCUT2D eigenvalue weighted by molar-refractivity contribution is 0.384. The van der Waals surface area contributed by atoms with Gasteiger partial charge in [0.1, 0.15) is 11.6 Å². The van der Waals surface area contributed by atoms with Crippen LogP contribution in [0.1, 0.15) is 5.89 Å². The minimum Gasteiger partial charge on any atom is -0.376 e. The van der Waals surface area contributed by atoms with Gasteiger partial charge in [0.15, 0.2) is 0 Å². The first kappa shape index (κ1) is 13.2. The summed E-state index contributed by atoms with van der Waals surface area (Å²) in [6, 6.07) is 12.6. The molecule has 1 aromatic heterocycles. The molecule has 0 spiro atoms. The van der Waals surface area contributed by atoms with E-state index in [-0.39, 0.29) is 11.4 Å². The van der Waals surface area contributed by atoms with Crippen LogP contribution in [-0.2, 0) is 6.54 Å². The van der Waals surface area contributed by atoms with Crippen molar-refractivity contribution in [3.63, 3.8) is 0 Å². The third kappa shape index (κ3) is 3.22. The highest BCUT2D eigenvalue weighted by Gasteiger charge is 2.10. The Bertz CT molecular complexity index is 723. The highest BCUT2D eigenvalue weighted by atomic mass is 19.1. The summed E-state index contributed by atoms with van der Waals surface area (Å²) in [5.41, 5.74) is 1.15. The zero-order chi connectivity index (χ0) is 14.7. The quantitative estimate of drug-likeness (QED) is 0.796. The van der Waals surface area contributed by atoms with Gasteiger partial charge in [0.2, 0.25) is 11.7 Å².